The molecule has 152 valence electrons. The topological polar surface area (TPSA) is 54.7 Å². The van der Waals surface area contributed by atoms with E-state index in [1.165, 1.54) is 30.4 Å². The number of rotatable bonds is 8. The third-order valence-electron chi connectivity index (χ3n) is 5.24. The van der Waals surface area contributed by atoms with Gasteiger partial charge in [-0.25, -0.2) is 9.98 Å². The maximum Gasteiger partial charge on any atom is 0.193 e. The van der Waals surface area contributed by atoms with E-state index in [1.807, 2.05) is 18.7 Å². The van der Waals surface area contributed by atoms with Crippen LogP contribution in [-0.2, 0) is 17.8 Å². The Morgan fingerprint density at radius 1 is 1.32 bits per heavy atom. The zero-order valence-corrected chi connectivity index (χ0v) is 17.2. The van der Waals surface area contributed by atoms with Crippen molar-refractivity contribution in [3.63, 3.8) is 0 Å². The second-order valence-electron chi connectivity index (χ2n) is 7.49. The van der Waals surface area contributed by atoms with E-state index in [0.29, 0.717) is 6.54 Å². The molecule has 1 fully saturated rings. The minimum atomic E-state index is 0.682. The van der Waals surface area contributed by atoms with Crippen molar-refractivity contribution in [2.45, 2.75) is 39.3 Å². The lowest BCUT2D eigenvalue weighted by Gasteiger charge is -2.26. The van der Waals surface area contributed by atoms with Gasteiger partial charge in [-0.2, -0.15) is 0 Å². The maximum atomic E-state index is 5.47. The molecule has 0 saturated carbocycles. The molecule has 0 bridgehead atoms. The first-order chi connectivity index (χ1) is 13.7. The maximum absolute atomic E-state index is 5.47. The number of hydrogen-bond donors (Lipinski definition) is 1. The Morgan fingerprint density at radius 2 is 2.14 bits per heavy atom. The highest BCUT2D eigenvalue weighted by molar-refractivity contribution is 5.79. The van der Waals surface area contributed by atoms with E-state index < -0.39 is 0 Å². The van der Waals surface area contributed by atoms with Gasteiger partial charge in [-0.1, -0.05) is 24.3 Å². The summed E-state index contributed by atoms with van der Waals surface area (Å²) in [7, 11) is 2.14. The van der Waals surface area contributed by atoms with Gasteiger partial charge >= 0.3 is 0 Å². The highest BCUT2D eigenvalue weighted by Crippen LogP contribution is 2.18. The Balaban J connectivity index is 1.56. The average Bonchev–Trinajstić information content (AvgIpc) is 3.23. The van der Waals surface area contributed by atoms with Crippen LogP contribution < -0.4 is 5.32 Å². The molecule has 0 spiro atoms. The van der Waals surface area contributed by atoms with Crippen molar-refractivity contribution >= 4 is 5.96 Å². The normalized spacial score (nSPS) is 15.6. The standard InChI is InChI=1S/C22H33N5O/c1-3-24-22(26(2)11-7-19-8-13-28-14-9-19)25-16-20-5-4-6-21(15-20)17-27-12-10-23-18-27/h4-6,10,12,15,18-19H,3,7-9,11,13-14,16-17H2,1-2H3,(H,24,25). The molecule has 1 aliphatic rings. The summed E-state index contributed by atoms with van der Waals surface area (Å²) >= 11 is 0. The van der Waals surface area contributed by atoms with Gasteiger partial charge in [0.25, 0.3) is 0 Å². The van der Waals surface area contributed by atoms with Crippen LogP contribution >= 0.6 is 0 Å². The number of aliphatic imine (C=N–C) groups is 1. The molecule has 1 aromatic carbocycles. The van der Waals surface area contributed by atoms with Crippen LogP contribution in [0.1, 0.15) is 37.3 Å². The number of benzene rings is 1. The second kappa shape index (κ2) is 10.9. The van der Waals surface area contributed by atoms with Crippen LogP contribution in [0.15, 0.2) is 48.0 Å². The molecule has 0 atom stereocenters. The van der Waals surface area contributed by atoms with Gasteiger partial charge in [0.2, 0.25) is 0 Å². The summed E-state index contributed by atoms with van der Waals surface area (Å²) in [6, 6.07) is 8.64. The lowest BCUT2D eigenvalue weighted by Crippen LogP contribution is -2.40. The molecular weight excluding hydrogens is 350 g/mol. The summed E-state index contributed by atoms with van der Waals surface area (Å²) in [4.78, 5) is 11.2. The molecule has 0 aliphatic carbocycles. The van der Waals surface area contributed by atoms with Gasteiger partial charge in [0.15, 0.2) is 5.96 Å². The second-order valence-corrected chi connectivity index (χ2v) is 7.49. The molecule has 6 heteroatoms. The smallest absolute Gasteiger partial charge is 0.193 e. The lowest BCUT2D eigenvalue weighted by molar-refractivity contribution is 0.0625. The van der Waals surface area contributed by atoms with E-state index in [-0.39, 0.29) is 0 Å². The number of nitrogens with one attached hydrogen (secondary N) is 1. The van der Waals surface area contributed by atoms with E-state index in [2.05, 4.69) is 58.0 Å². The van der Waals surface area contributed by atoms with E-state index >= 15 is 0 Å². The van der Waals surface area contributed by atoms with Crippen molar-refractivity contribution in [2.75, 3.05) is 33.4 Å². The van der Waals surface area contributed by atoms with Gasteiger partial charge in [0, 0.05) is 52.3 Å². The molecule has 28 heavy (non-hydrogen) atoms. The van der Waals surface area contributed by atoms with Crippen molar-refractivity contribution < 1.29 is 4.74 Å². The van der Waals surface area contributed by atoms with Crippen LogP contribution in [-0.4, -0.2) is 53.8 Å². The summed E-state index contributed by atoms with van der Waals surface area (Å²) in [5, 5.41) is 3.43. The summed E-state index contributed by atoms with van der Waals surface area (Å²) in [5.74, 6) is 1.76. The minimum absolute atomic E-state index is 0.682. The largest absolute Gasteiger partial charge is 0.381 e. The Hall–Kier alpha value is -2.34. The predicted molar refractivity (Wildman–Crippen MR) is 113 cm³/mol. The van der Waals surface area contributed by atoms with Crippen molar-refractivity contribution in [3.8, 4) is 0 Å². The van der Waals surface area contributed by atoms with Crippen molar-refractivity contribution in [1.82, 2.24) is 19.8 Å². The van der Waals surface area contributed by atoms with E-state index in [1.54, 1.807) is 0 Å². The Kier molecular flexibility index (Phi) is 7.91. The fraction of sp³-hybridized carbons (Fsp3) is 0.545. The molecular formula is C22H33N5O. The molecule has 1 aliphatic heterocycles. The fourth-order valence-corrected chi connectivity index (χ4v) is 3.57. The molecule has 1 saturated heterocycles. The molecule has 2 heterocycles. The zero-order chi connectivity index (χ0) is 19.6. The first-order valence-corrected chi connectivity index (χ1v) is 10.4. The van der Waals surface area contributed by atoms with Gasteiger partial charge in [0.1, 0.15) is 0 Å². The van der Waals surface area contributed by atoms with Gasteiger partial charge in [-0.05, 0) is 43.2 Å². The third-order valence-corrected chi connectivity index (χ3v) is 5.24. The van der Waals surface area contributed by atoms with E-state index in [9.17, 15) is 0 Å². The Morgan fingerprint density at radius 3 is 2.89 bits per heavy atom. The molecule has 2 aromatic rings. The summed E-state index contributed by atoms with van der Waals surface area (Å²) in [6.07, 6.45) is 9.22. The van der Waals surface area contributed by atoms with Crippen LogP contribution in [0.5, 0.6) is 0 Å². The Labute approximate surface area is 168 Å². The number of nitrogens with zero attached hydrogens (tertiary/aromatic N) is 4. The zero-order valence-electron chi connectivity index (χ0n) is 17.2. The highest BCUT2D eigenvalue weighted by Gasteiger charge is 2.15. The van der Waals surface area contributed by atoms with Gasteiger partial charge in [-0.3, -0.25) is 0 Å². The van der Waals surface area contributed by atoms with Crippen molar-refractivity contribution in [1.29, 1.82) is 0 Å². The predicted octanol–water partition coefficient (Wildman–Crippen LogP) is 3.15. The van der Waals surface area contributed by atoms with Crippen molar-refractivity contribution in [3.05, 3.63) is 54.1 Å². The first-order valence-electron chi connectivity index (χ1n) is 10.4. The quantitative estimate of drug-likeness (QED) is 0.562. The van der Waals surface area contributed by atoms with Crippen LogP contribution in [0.25, 0.3) is 0 Å². The van der Waals surface area contributed by atoms with Gasteiger partial charge < -0.3 is 19.5 Å². The summed E-state index contributed by atoms with van der Waals surface area (Å²) < 4.78 is 7.55. The van der Waals surface area contributed by atoms with Crippen LogP contribution in [0.3, 0.4) is 0 Å². The molecule has 0 unspecified atom stereocenters. The number of hydrogen-bond acceptors (Lipinski definition) is 3. The highest BCUT2D eigenvalue weighted by atomic mass is 16.5. The Bertz CT molecular complexity index is 722. The lowest BCUT2D eigenvalue weighted by atomic mass is 9.96. The molecule has 3 rings (SSSR count). The molecule has 1 N–H and O–H groups in total. The minimum Gasteiger partial charge on any atom is -0.381 e. The number of imidazole rings is 1. The van der Waals surface area contributed by atoms with Gasteiger partial charge in [-0.15, -0.1) is 0 Å². The molecule has 1 aromatic heterocycles. The molecule has 0 amide bonds. The van der Waals surface area contributed by atoms with Crippen molar-refractivity contribution in [2.24, 2.45) is 10.9 Å². The third kappa shape index (κ3) is 6.37. The average molecular weight is 384 g/mol. The van der Waals surface area contributed by atoms with Crippen LogP contribution in [0.4, 0.5) is 0 Å². The number of ether oxygens (including phenoxy) is 1. The number of guanidine groups is 1. The summed E-state index contributed by atoms with van der Waals surface area (Å²) in [6.45, 7) is 7.37. The molecule has 0 radical (unpaired) electrons. The monoisotopic (exact) mass is 383 g/mol. The van der Waals surface area contributed by atoms with E-state index in [0.717, 1.165) is 44.7 Å². The first kappa shape index (κ1) is 20.4. The summed E-state index contributed by atoms with van der Waals surface area (Å²) in [5.41, 5.74) is 2.49. The molecule has 6 nitrogen and oxygen atoms in total. The van der Waals surface area contributed by atoms with Gasteiger partial charge in [0.05, 0.1) is 12.9 Å². The van der Waals surface area contributed by atoms with Crippen LogP contribution in [0.2, 0.25) is 0 Å². The number of aromatic nitrogens is 2. The van der Waals surface area contributed by atoms with Crippen LogP contribution in [0, 0.1) is 5.92 Å². The van der Waals surface area contributed by atoms with E-state index in [4.69, 9.17) is 9.73 Å². The fourth-order valence-electron chi connectivity index (χ4n) is 3.57. The SMILES string of the molecule is CCNC(=NCc1cccc(Cn2ccnc2)c1)N(C)CCC1CCOCC1.